The molecule has 2 rings (SSSR count). The van der Waals surface area contributed by atoms with Gasteiger partial charge in [-0.3, -0.25) is 13.8 Å². The Morgan fingerprint density at radius 1 is 1.08 bits per heavy atom. The number of hydrogen-bond donors (Lipinski definition) is 1. The summed E-state index contributed by atoms with van der Waals surface area (Å²) in [7, 11) is -1.35. The Morgan fingerprint density at radius 3 is 2.48 bits per heavy atom. The van der Waals surface area contributed by atoms with Crippen molar-refractivity contribution in [2.24, 2.45) is 0 Å². The fourth-order valence-electron chi connectivity index (χ4n) is 2.11. The highest BCUT2D eigenvalue weighted by atomic mass is 32.2. The van der Waals surface area contributed by atoms with Gasteiger partial charge in [-0.05, 0) is 31.2 Å². The Labute approximate surface area is 147 Å². The quantitative estimate of drug-likeness (QED) is 0.632. The van der Waals surface area contributed by atoms with E-state index in [2.05, 4.69) is 5.32 Å². The molecular weight excluding hydrogens is 342 g/mol. The zero-order valence-corrected chi connectivity index (χ0v) is 14.6. The topological polar surface area (TPSA) is 89.5 Å². The summed E-state index contributed by atoms with van der Waals surface area (Å²) < 4.78 is 16.6. The third kappa shape index (κ3) is 5.09. The molecular formula is C18H17NO5S. The first-order chi connectivity index (χ1) is 11.9. The first-order valence-corrected chi connectivity index (χ1v) is 8.94. The molecule has 0 saturated heterocycles. The van der Waals surface area contributed by atoms with E-state index in [1.54, 1.807) is 36.4 Å². The van der Waals surface area contributed by atoms with E-state index in [0.29, 0.717) is 16.1 Å². The number of amides is 1. The summed E-state index contributed by atoms with van der Waals surface area (Å²) in [6.07, 6.45) is 1.46. The van der Waals surface area contributed by atoms with Crippen molar-refractivity contribution in [3.63, 3.8) is 0 Å². The Morgan fingerprint density at radius 2 is 1.80 bits per heavy atom. The van der Waals surface area contributed by atoms with Gasteiger partial charge in [0, 0.05) is 17.5 Å². The molecule has 0 heterocycles. The third-order valence-electron chi connectivity index (χ3n) is 3.30. The molecule has 0 fully saturated rings. The van der Waals surface area contributed by atoms with Crippen molar-refractivity contribution in [3.05, 3.63) is 59.7 Å². The lowest BCUT2D eigenvalue weighted by molar-refractivity contribution is -0.119. The Bertz CT molecular complexity index is 847. The van der Waals surface area contributed by atoms with Gasteiger partial charge >= 0.3 is 5.97 Å². The fraction of sp³-hybridized carbons (Fsp3) is 0.167. The molecule has 0 spiro atoms. The van der Waals surface area contributed by atoms with E-state index in [1.807, 2.05) is 0 Å². The monoisotopic (exact) mass is 359 g/mol. The second-order valence-electron chi connectivity index (χ2n) is 5.21. The van der Waals surface area contributed by atoms with Crippen molar-refractivity contribution in [2.45, 2.75) is 11.8 Å². The lowest BCUT2D eigenvalue weighted by Crippen LogP contribution is -2.21. The molecule has 0 aliphatic rings. The maximum absolute atomic E-state index is 12.1. The summed E-state index contributed by atoms with van der Waals surface area (Å²) in [6.45, 7) is 0.936. The number of hydrogen-bond acceptors (Lipinski definition) is 5. The van der Waals surface area contributed by atoms with Crippen LogP contribution < -0.4 is 5.32 Å². The third-order valence-corrected chi connectivity index (χ3v) is 4.28. The average Bonchev–Trinajstić information content (AvgIpc) is 2.59. The predicted molar refractivity (Wildman–Crippen MR) is 94.1 cm³/mol. The lowest BCUT2D eigenvalue weighted by Gasteiger charge is -2.09. The van der Waals surface area contributed by atoms with Gasteiger partial charge in [-0.15, -0.1) is 0 Å². The number of benzene rings is 2. The maximum Gasteiger partial charge on any atom is 0.339 e. The van der Waals surface area contributed by atoms with E-state index >= 15 is 0 Å². The Kier molecular flexibility index (Phi) is 6.19. The minimum atomic E-state index is -1.35. The number of rotatable bonds is 6. The molecule has 2 aromatic carbocycles. The van der Waals surface area contributed by atoms with Crippen molar-refractivity contribution in [1.29, 1.82) is 0 Å². The van der Waals surface area contributed by atoms with Gasteiger partial charge in [0.25, 0.3) is 5.91 Å². The smallest absolute Gasteiger partial charge is 0.339 e. The van der Waals surface area contributed by atoms with Crippen molar-refractivity contribution >= 4 is 34.1 Å². The van der Waals surface area contributed by atoms with Gasteiger partial charge in [-0.25, -0.2) is 4.79 Å². The molecule has 0 unspecified atom stereocenters. The van der Waals surface area contributed by atoms with Gasteiger partial charge in [0.15, 0.2) is 12.4 Å². The molecule has 0 aliphatic heterocycles. The molecule has 6 nitrogen and oxygen atoms in total. The van der Waals surface area contributed by atoms with Crippen LogP contribution in [0.1, 0.15) is 27.6 Å². The summed E-state index contributed by atoms with van der Waals surface area (Å²) in [5.74, 6) is -1.38. The van der Waals surface area contributed by atoms with E-state index in [-0.39, 0.29) is 11.3 Å². The predicted octanol–water partition coefficient (Wildman–Crippen LogP) is 2.42. The molecule has 25 heavy (non-hydrogen) atoms. The highest BCUT2D eigenvalue weighted by Crippen LogP contribution is 2.14. The van der Waals surface area contributed by atoms with Crippen LogP contribution in [0.4, 0.5) is 5.69 Å². The summed E-state index contributed by atoms with van der Waals surface area (Å²) >= 11 is 0. The normalized spacial score (nSPS) is 11.4. The largest absolute Gasteiger partial charge is 0.452 e. The van der Waals surface area contributed by atoms with Crippen molar-refractivity contribution in [3.8, 4) is 0 Å². The van der Waals surface area contributed by atoms with Crippen LogP contribution in [0, 0.1) is 0 Å². The highest BCUT2D eigenvalue weighted by molar-refractivity contribution is 7.84. The first-order valence-electron chi connectivity index (χ1n) is 7.39. The molecule has 0 radical (unpaired) electrons. The lowest BCUT2D eigenvalue weighted by atomic mass is 10.1. The van der Waals surface area contributed by atoms with E-state index in [1.165, 1.54) is 25.3 Å². The molecule has 7 heteroatoms. The van der Waals surface area contributed by atoms with E-state index < -0.39 is 29.3 Å². The van der Waals surface area contributed by atoms with Gasteiger partial charge in [-0.2, -0.15) is 0 Å². The number of ketones is 1. The maximum atomic E-state index is 12.1. The van der Waals surface area contributed by atoms with Gasteiger partial charge < -0.3 is 10.1 Å². The average molecular weight is 359 g/mol. The van der Waals surface area contributed by atoms with E-state index in [9.17, 15) is 18.6 Å². The summed E-state index contributed by atoms with van der Waals surface area (Å²) in [4.78, 5) is 35.7. The number of nitrogens with one attached hydrogen (secondary N) is 1. The molecule has 0 aliphatic carbocycles. The molecule has 0 aromatic heterocycles. The standard InChI is InChI=1S/C18H17NO5S/c1-12(20)13-6-5-7-14(10-13)19-17(21)11-24-18(22)15-8-3-4-9-16(15)25(2)23/h3-10H,11H2,1-2H3,(H,19,21)/t25-/m1/s1. The van der Waals surface area contributed by atoms with Crippen LogP contribution in [-0.2, 0) is 20.3 Å². The number of anilines is 1. The first kappa shape index (κ1) is 18.5. The van der Waals surface area contributed by atoms with Crippen LogP contribution in [0.3, 0.4) is 0 Å². The van der Waals surface area contributed by atoms with Crippen molar-refractivity contribution in [2.75, 3.05) is 18.2 Å². The fourth-order valence-corrected chi connectivity index (χ4v) is 2.84. The molecule has 1 atom stereocenters. The number of esters is 1. The second kappa shape index (κ2) is 8.34. The van der Waals surface area contributed by atoms with Crippen LogP contribution in [0.5, 0.6) is 0 Å². The molecule has 1 amide bonds. The number of carbonyl (C=O) groups excluding carboxylic acids is 3. The number of carbonyl (C=O) groups is 3. The van der Waals surface area contributed by atoms with Crippen LogP contribution >= 0.6 is 0 Å². The molecule has 0 bridgehead atoms. The van der Waals surface area contributed by atoms with Crippen LogP contribution in [-0.4, -0.2) is 34.7 Å². The zero-order valence-electron chi connectivity index (χ0n) is 13.8. The molecule has 1 N–H and O–H groups in total. The van der Waals surface area contributed by atoms with E-state index in [0.717, 1.165) is 0 Å². The van der Waals surface area contributed by atoms with Gasteiger partial charge in [0.2, 0.25) is 0 Å². The van der Waals surface area contributed by atoms with Crippen molar-refractivity contribution in [1.82, 2.24) is 0 Å². The van der Waals surface area contributed by atoms with Crippen molar-refractivity contribution < 1.29 is 23.3 Å². The molecule has 130 valence electrons. The van der Waals surface area contributed by atoms with Crippen LogP contribution in [0.15, 0.2) is 53.4 Å². The highest BCUT2D eigenvalue weighted by Gasteiger charge is 2.16. The number of ether oxygens (including phenoxy) is 1. The minimum absolute atomic E-state index is 0.119. The summed E-state index contributed by atoms with van der Waals surface area (Å²) in [5.41, 5.74) is 1.06. The van der Waals surface area contributed by atoms with Gasteiger partial charge in [-0.1, -0.05) is 24.3 Å². The van der Waals surface area contributed by atoms with Gasteiger partial charge in [0.1, 0.15) is 0 Å². The molecule has 2 aromatic rings. The van der Waals surface area contributed by atoms with Gasteiger partial charge in [0.05, 0.1) is 21.3 Å². The van der Waals surface area contributed by atoms with E-state index in [4.69, 9.17) is 4.74 Å². The minimum Gasteiger partial charge on any atom is -0.452 e. The number of Topliss-reactive ketones (excluding diaryl/α,β-unsaturated/α-hetero) is 1. The second-order valence-corrected chi connectivity index (χ2v) is 6.56. The zero-order chi connectivity index (χ0) is 18.4. The van der Waals surface area contributed by atoms with Crippen LogP contribution in [0.25, 0.3) is 0 Å². The van der Waals surface area contributed by atoms with Crippen LogP contribution in [0.2, 0.25) is 0 Å². The summed E-state index contributed by atoms with van der Waals surface area (Å²) in [6, 6.07) is 12.8. The SMILES string of the molecule is CC(=O)c1cccc(NC(=O)COC(=O)c2ccccc2[S@@](C)=O)c1. The summed E-state index contributed by atoms with van der Waals surface area (Å²) in [5, 5.41) is 2.55. The Balaban J connectivity index is 1.98. The Hall–Kier alpha value is -2.80. The molecule has 0 saturated carbocycles.